The van der Waals surface area contributed by atoms with Crippen LogP contribution in [0.2, 0.25) is 0 Å². The second kappa shape index (κ2) is 5.08. The van der Waals surface area contributed by atoms with Crippen molar-refractivity contribution in [2.45, 2.75) is 31.8 Å². The van der Waals surface area contributed by atoms with Gasteiger partial charge in [-0.2, -0.15) is 0 Å². The molecule has 0 aliphatic carbocycles. The summed E-state index contributed by atoms with van der Waals surface area (Å²) in [6, 6.07) is 7.10. The van der Waals surface area contributed by atoms with Crippen LogP contribution in [0.5, 0.6) is 0 Å². The van der Waals surface area contributed by atoms with Gasteiger partial charge in [-0.15, -0.1) is 0 Å². The van der Waals surface area contributed by atoms with Crippen molar-refractivity contribution in [1.82, 2.24) is 5.32 Å². The van der Waals surface area contributed by atoms with Crippen LogP contribution in [0.15, 0.2) is 24.3 Å². The van der Waals surface area contributed by atoms with Gasteiger partial charge in [0.05, 0.1) is 6.42 Å². The van der Waals surface area contributed by atoms with E-state index in [9.17, 15) is 9.59 Å². The molecule has 0 aromatic heterocycles. The summed E-state index contributed by atoms with van der Waals surface area (Å²) in [7, 11) is 0. The van der Waals surface area contributed by atoms with E-state index >= 15 is 0 Å². The molecule has 5 heteroatoms. The van der Waals surface area contributed by atoms with Crippen LogP contribution in [0, 0.1) is 0 Å². The molecule has 0 radical (unpaired) electrons. The number of carboxylic acids is 1. The van der Waals surface area contributed by atoms with Crippen molar-refractivity contribution in [3.63, 3.8) is 0 Å². The highest BCUT2D eigenvalue weighted by molar-refractivity contribution is 5.87. The van der Waals surface area contributed by atoms with Crippen LogP contribution in [0.4, 0.5) is 5.69 Å². The van der Waals surface area contributed by atoms with Crippen molar-refractivity contribution in [1.29, 1.82) is 0 Å². The van der Waals surface area contributed by atoms with Crippen LogP contribution in [0.1, 0.15) is 18.9 Å². The molecule has 0 saturated carbocycles. The molecule has 2 rings (SSSR count). The minimum atomic E-state index is -0.912. The molecule has 1 aliphatic heterocycles. The van der Waals surface area contributed by atoms with E-state index in [1.165, 1.54) is 0 Å². The lowest BCUT2D eigenvalue weighted by Gasteiger charge is -2.16. The summed E-state index contributed by atoms with van der Waals surface area (Å²) in [6.07, 6.45) is 0.577. The van der Waals surface area contributed by atoms with Gasteiger partial charge in [-0.05, 0) is 18.6 Å². The molecule has 0 bridgehead atoms. The van der Waals surface area contributed by atoms with E-state index in [1.54, 1.807) is 6.92 Å². The molecule has 96 valence electrons. The number of hydrogen-bond acceptors (Lipinski definition) is 3. The van der Waals surface area contributed by atoms with E-state index in [0.29, 0.717) is 6.42 Å². The van der Waals surface area contributed by atoms with Crippen molar-refractivity contribution in [2.24, 2.45) is 0 Å². The normalized spacial score (nSPS) is 18.6. The first kappa shape index (κ1) is 12.4. The molecule has 1 aromatic carbocycles. The van der Waals surface area contributed by atoms with Gasteiger partial charge in [0.1, 0.15) is 6.04 Å². The number of hydrogen-bond donors (Lipinski definition) is 3. The molecule has 3 N–H and O–H groups in total. The van der Waals surface area contributed by atoms with Gasteiger partial charge in [0.15, 0.2) is 0 Å². The Balaban J connectivity index is 1.91. The van der Waals surface area contributed by atoms with Crippen molar-refractivity contribution in [3.05, 3.63) is 29.8 Å². The minimum absolute atomic E-state index is 0.0641. The number of anilines is 1. The van der Waals surface area contributed by atoms with Gasteiger partial charge in [-0.25, -0.2) is 0 Å². The SMILES string of the molecule is CC(CC(=O)O)NC(=O)[C@@H]1Cc2ccccc2N1. The van der Waals surface area contributed by atoms with E-state index in [4.69, 9.17) is 5.11 Å². The molecular weight excluding hydrogens is 232 g/mol. The lowest BCUT2D eigenvalue weighted by atomic mass is 10.1. The maximum atomic E-state index is 11.9. The molecule has 1 amide bonds. The highest BCUT2D eigenvalue weighted by Gasteiger charge is 2.27. The predicted molar refractivity (Wildman–Crippen MR) is 67.4 cm³/mol. The molecule has 5 nitrogen and oxygen atoms in total. The number of carbonyl (C=O) groups excluding carboxylic acids is 1. The van der Waals surface area contributed by atoms with Crippen LogP contribution in [-0.2, 0) is 16.0 Å². The van der Waals surface area contributed by atoms with Gasteiger partial charge in [0.25, 0.3) is 0 Å². The van der Waals surface area contributed by atoms with Gasteiger partial charge >= 0.3 is 5.97 Å². The van der Waals surface area contributed by atoms with Crippen molar-refractivity contribution >= 4 is 17.6 Å². The topological polar surface area (TPSA) is 78.4 Å². The number of amides is 1. The number of rotatable bonds is 4. The third kappa shape index (κ3) is 2.80. The van der Waals surface area contributed by atoms with E-state index < -0.39 is 5.97 Å². The summed E-state index contributed by atoms with van der Waals surface area (Å²) in [5.74, 6) is -1.06. The number of nitrogens with one attached hydrogen (secondary N) is 2. The molecule has 18 heavy (non-hydrogen) atoms. The lowest BCUT2D eigenvalue weighted by molar-refractivity contribution is -0.137. The minimum Gasteiger partial charge on any atom is -0.481 e. The first-order valence-electron chi connectivity index (χ1n) is 5.93. The molecule has 1 aliphatic rings. The van der Waals surface area contributed by atoms with E-state index in [-0.39, 0.29) is 24.4 Å². The Kier molecular flexibility index (Phi) is 3.50. The van der Waals surface area contributed by atoms with Gasteiger partial charge < -0.3 is 15.7 Å². The van der Waals surface area contributed by atoms with Gasteiger partial charge in [0, 0.05) is 18.2 Å². The summed E-state index contributed by atoms with van der Waals surface area (Å²) >= 11 is 0. The van der Waals surface area contributed by atoms with Crippen molar-refractivity contribution in [2.75, 3.05) is 5.32 Å². The van der Waals surface area contributed by atoms with Crippen LogP contribution in [-0.4, -0.2) is 29.1 Å². The smallest absolute Gasteiger partial charge is 0.305 e. The van der Waals surface area contributed by atoms with Gasteiger partial charge in [-0.1, -0.05) is 18.2 Å². The Morgan fingerprint density at radius 1 is 1.50 bits per heavy atom. The number of para-hydroxylation sites is 1. The Bertz CT molecular complexity index is 448. The third-order valence-electron chi connectivity index (χ3n) is 2.96. The number of fused-ring (bicyclic) bond motifs is 1. The van der Waals surface area contributed by atoms with E-state index in [0.717, 1.165) is 11.3 Å². The molecule has 2 atom stereocenters. The first-order valence-corrected chi connectivity index (χ1v) is 5.93. The van der Waals surface area contributed by atoms with E-state index in [1.807, 2.05) is 24.3 Å². The summed E-state index contributed by atoms with van der Waals surface area (Å²) < 4.78 is 0. The Labute approximate surface area is 105 Å². The highest BCUT2D eigenvalue weighted by Crippen LogP contribution is 2.25. The average Bonchev–Trinajstić information content (AvgIpc) is 2.71. The van der Waals surface area contributed by atoms with Gasteiger partial charge in [-0.3, -0.25) is 9.59 Å². The molecule has 1 heterocycles. The maximum absolute atomic E-state index is 11.9. The first-order chi connectivity index (χ1) is 8.56. The standard InChI is InChI=1S/C13H16N2O3/c1-8(6-12(16)17)14-13(18)11-7-9-4-2-3-5-10(9)15-11/h2-5,8,11,15H,6-7H2,1H3,(H,14,18)(H,16,17)/t8?,11-/m0/s1. The van der Waals surface area contributed by atoms with Crippen LogP contribution in [0.3, 0.4) is 0 Å². The zero-order valence-corrected chi connectivity index (χ0v) is 10.1. The van der Waals surface area contributed by atoms with Crippen LogP contribution < -0.4 is 10.6 Å². The summed E-state index contributed by atoms with van der Waals surface area (Å²) in [5.41, 5.74) is 2.09. The zero-order valence-electron chi connectivity index (χ0n) is 10.1. The molecular formula is C13H16N2O3. The molecule has 0 spiro atoms. The number of benzene rings is 1. The van der Waals surface area contributed by atoms with Crippen LogP contribution in [0.25, 0.3) is 0 Å². The Hall–Kier alpha value is -2.04. The average molecular weight is 248 g/mol. The Morgan fingerprint density at radius 3 is 2.89 bits per heavy atom. The second-order valence-corrected chi connectivity index (χ2v) is 4.57. The fourth-order valence-electron chi connectivity index (χ4n) is 2.11. The largest absolute Gasteiger partial charge is 0.481 e. The molecule has 0 fully saturated rings. The fraction of sp³-hybridized carbons (Fsp3) is 0.385. The molecule has 1 unspecified atom stereocenters. The quantitative estimate of drug-likeness (QED) is 0.743. The highest BCUT2D eigenvalue weighted by atomic mass is 16.4. The maximum Gasteiger partial charge on any atom is 0.305 e. The lowest BCUT2D eigenvalue weighted by Crippen LogP contribution is -2.43. The summed E-state index contributed by atoms with van der Waals surface area (Å²) in [5, 5.41) is 14.5. The third-order valence-corrected chi connectivity index (χ3v) is 2.96. The van der Waals surface area contributed by atoms with Crippen LogP contribution >= 0.6 is 0 Å². The van der Waals surface area contributed by atoms with Crippen molar-refractivity contribution in [3.8, 4) is 0 Å². The second-order valence-electron chi connectivity index (χ2n) is 4.57. The monoisotopic (exact) mass is 248 g/mol. The fourth-order valence-corrected chi connectivity index (χ4v) is 2.11. The number of carbonyl (C=O) groups is 2. The summed E-state index contributed by atoms with van der Waals surface area (Å²) in [4.78, 5) is 22.5. The van der Waals surface area contributed by atoms with Gasteiger partial charge in [0.2, 0.25) is 5.91 Å². The molecule has 1 aromatic rings. The van der Waals surface area contributed by atoms with Crippen molar-refractivity contribution < 1.29 is 14.7 Å². The molecule has 0 saturated heterocycles. The number of aliphatic carboxylic acids is 1. The Morgan fingerprint density at radius 2 is 2.22 bits per heavy atom. The number of carboxylic acid groups (broad SMARTS) is 1. The predicted octanol–water partition coefficient (Wildman–Crippen LogP) is 1.00. The summed E-state index contributed by atoms with van der Waals surface area (Å²) in [6.45, 7) is 1.69. The zero-order chi connectivity index (χ0) is 13.1. The van der Waals surface area contributed by atoms with E-state index in [2.05, 4.69) is 10.6 Å².